The Bertz CT molecular complexity index is 492. The maximum absolute atomic E-state index is 12.4. The number of piperidine rings is 1. The van der Waals surface area contributed by atoms with Gasteiger partial charge in [0.25, 0.3) is 5.91 Å². The number of likely N-dealkylation sites (tertiary alicyclic amines) is 1. The lowest BCUT2D eigenvalue weighted by Gasteiger charge is -2.31. The van der Waals surface area contributed by atoms with E-state index in [4.69, 9.17) is 17.3 Å². The molecular weight excluding hydrogens is 298 g/mol. The summed E-state index contributed by atoms with van der Waals surface area (Å²) in [5, 5.41) is 5.06. The van der Waals surface area contributed by atoms with Gasteiger partial charge in [-0.05, 0) is 24.3 Å². The van der Waals surface area contributed by atoms with E-state index in [9.17, 15) is 9.59 Å². The highest BCUT2D eigenvalue weighted by atomic mass is 35.5. The molecule has 0 aromatic carbocycles. The molecule has 1 atom stereocenters. The van der Waals surface area contributed by atoms with Crippen molar-refractivity contribution in [2.75, 3.05) is 26.2 Å². The van der Waals surface area contributed by atoms with E-state index in [1.807, 2.05) is 0 Å². The highest BCUT2D eigenvalue weighted by molar-refractivity contribution is 7.12. The van der Waals surface area contributed by atoms with Gasteiger partial charge in [-0.2, -0.15) is 0 Å². The average Bonchev–Trinajstić information content (AvgIpc) is 2.90. The summed E-state index contributed by atoms with van der Waals surface area (Å²) in [4.78, 5) is 26.6. The van der Waals surface area contributed by atoms with Gasteiger partial charge in [0, 0.05) is 26.2 Å². The number of hydrogen-bond donors (Lipinski definition) is 2. The summed E-state index contributed by atoms with van der Waals surface area (Å²) in [7, 11) is 0. The van der Waals surface area contributed by atoms with Crippen LogP contribution < -0.4 is 11.1 Å². The van der Waals surface area contributed by atoms with Crippen LogP contribution in [0.1, 0.15) is 22.5 Å². The molecule has 20 heavy (non-hydrogen) atoms. The molecule has 1 aromatic rings. The Labute approximate surface area is 127 Å². The summed E-state index contributed by atoms with van der Waals surface area (Å²) >= 11 is 7.33. The lowest BCUT2D eigenvalue weighted by molar-refractivity contribution is -0.126. The predicted octanol–water partition coefficient (Wildman–Crippen LogP) is 1.33. The first-order valence-electron chi connectivity index (χ1n) is 6.63. The Kier molecular flexibility index (Phi) is 5.39. The minimum Gasteiger partial charge on any atom is -0.355 e. The van der Waals surface area contributed by atoms with Crippen LogP contribution in [-0.2, 0) is 4.79 Å². The van der Waals surface area contributed by atoms with Crippen LogP contribution in [0.3, 0.4) is 0 Å². The molecule has 1 unspecified atom stereocenters. The standard InChI is InChI=1S/C13H18ClN3O2S/c14-10-3-7-20-11(10)13(19)17-6-1-2-9(8-17)12(18)16-5-4-15/h3,7,9H,1-2,4-6,8,15H2,(H,16,18). The van der Waals surface area contributed by atoms with E-state index in [2.05, 4.69) is 5.32 Å². The van der Waals surface area contributed by atoms with Gasteiger partial charge in [-0.25, -0.2) is 0 Å². The Morgan fingerprint density at radius 3 is 3.00 bits per heavy atom. The summed E-state index contributed by atoms with van der Waals surface area (Å²) in [6, 6.07) is 1.72. The number of amides is 2. The fraction of sp³-hybridized carbons (Fsp3) is 0.538. The molecule has 2 heterocycles. The zero-order valence-electron chi connectivity index (χ0n) is 11.1. The summed E-state index contributed by atoms with van der Waals surface area (Å²) < 4.78 is 0. The van der Waals surface area contributed by atoms with Crippen LogP contribution in [0.25, 0.3) is 0 Å². The highest BCUT2D eigenvalue weighted by Crippen LogP contribution is 2.26. The van der Waals surface area contributed by atoms with Crippen molar-refractivity contribution in [2.45, 2.75) is 12.8 Å². The van der Waals surface area contributed by atoms with Gasteiger partial charge in [-0.3, -0.25) is 9.59 Å². The Morgan fingerprint density at radius 2 is 2.35 bits per heavy atom. The van der Waals surface area contributed by atoms with E-state index >= 15 is 0 Å². The topological polar surface area (TPSA) is 75.4 Å². The molecule has 0 radical (unpaired) electrons. The third kappa shape index (κ3) is 3.50. The second-order valence-corrected chi connectivity index (χ2v) is 6.09. The molecule has 5 nitrogen and oxygen atoms in total. The smallest absolute Gasteiger partial charge is 0.265 e. The lowest BCUT2D eigenvalue weighted by atomic mass is 9.97. The Hall–Kier alpha value is -1.11. The number of thiophene rings is 1. The van der Waals surface area contributed by atoms with Gasteiger partial charge in [0.1, 0.15) is 4.88 Å². The maximum Gasteiger partial charge on any atom is 0.265 e. The predicted molar refractivity (Wildman–Crippen MR) is 80.0 cm³/mol. The summed E-state index contributed by atoms with van der Waals surface area (Å²) in [5.41, 5.74) is 5.37. The third-order valence-electron chi connectivity index (χ3n) is 3.33. The van der Waals surface area contributed by atoms with Crippen LogP contribution >= 0.6 is 22.9 Å². The van der Waals surface area contributed by atoms with Crippen molar-refractivity contribution in [1.29, 1.82) is 0 Å². The van der Waals surface area contributed by atoms with E-state index in [1.54, 1.807) is 16.3 Å². The molecule has 7 heteroatoms. The number of rotatable bonds is 4. The van der Waals surface area contributed by atoms with Gasteiger partial charge in [0.2, 0.25) is 5.91 Å². The second-order valence-electron chi connectivity index (χ2n) is 4.77. The Morgan fingerprint density at radius 1 is 1.55 bits per heavy atom. The average molecular weight is 316 g/mol. The fourth-order valence-corrected chi connectivity index (χ4v) is 3.41. The van der Waals surface area contributed by atoms with Crippen LogP contribution in [0.4, 0.5) is 0 Å². The van der Waals surface area contributed by atoms with E-state index in [-0.39, 0.29) is 17.7 Å². The zero-order valence-corrected chi connectivity index (χ0v) is 12.7. The minimum atomic E-state index is -0.155. The van der Waals surface area contributed by atoms with E-state index in [1.165, 1.54) is 11.3 Å². The molecule has 3 N–H and O–H groups in total. The first-order valence-corrected chi connectivity index (χ1v) is 7.89. The van der Waals surface area contributed by atoms with Gasteiger partial charge in [-0.1, -0.05) is 11.6 Å². The summed E-state index contributed by atoms with van der Waals surface area (Å²) in [6.07, 6.45) is 1.63. The van der Waals surface area contributed by atoms with Crippen molar-refractivity contribution in [3.63, 3.8) is 0 Å². The van der Waals surface area contributed by atoms with Crippen LogP contribution in [0.5, 0.6) is 0 Å². The van der Waals surface area contributed by atoms with E-state index in [0.717, 1.165) is 12.8 Å². The van der Waals surface area contributed by atoms with Gasteiger partial charge in [0.15, 0.2) is 0 Å². The molecule has 1 fully saturated rings. The molecule has 2 rings (SSSR count). The normalized spacial score (nSPS) is 18.9. The number of halogens is 1. The van der Waals surface area contributed by atoms with Gasteiger partial charge in [-0.15, -0.1) is 11.3 Å². The van der Waals surface area contributed by atoms with Crippen molar-refractivity contribution in [3.8, 4) is 0 Å². The van der Waals surface area contributed by atoms with E-state index in [0.29, 0.717) is 36.1 Å². The molecule has 1 aromatic heterocycles. The first kappa shape index (κ1) is 15.3. The number of nitrogens with two attached hydrogens (primary N) is 1. The molecule has 0 saturated carbocycles. The van der Waals surface area contributed by atoms with Crippen molar-refractivity contribution in [1.82, 2.24) is 10.2 Å². The summed E-state index contributed by atoms with van der Waals surface area (Å²) in [6.45, 7) is 2.02. The fourth-order valence-electron chi connectivity index (χ4n) is 2.31. The quantitative estimate of drug-likeness (QED) is 0.880. The van der Waals surface area contributed by atoms with E-state index < -0.39 is 0 Å². The Balaban J connectivity index is 1.98. The number of nitrogens with zero attached hydrogens (tertiary/aromatic N) is 1. The number of carbonyl (C=O) groups excluding carboxylic acids is 2. The molecule has 1 aliphatic heterocycles. The molecule has 1 saturated heterocycles. The second kappa shape index (κ2) is 7.06. The van der Waals surface area contributed by atoms with Gasteiger partial charge in [0.05, 0.1) is 10.9 Å². The molecule has 2 amide bonds. The number of nitrogens with one attached hydrogen (secondary N) is 1. The monoisotopic (exact) mass is 315 g/mol. The van der Waals surface area contributed by atoms with Crippen LogP contribution in [0.15, 0.2) is 11.4 Å². The maximum atomic E-state index is 12.4. The van der Waals surface area contributed by atoms with Crippen LogP contribution in [0, 0.1) is 5.92 Å². The molecular formula is C13H18ClN3O2S. The molecule has 0 aliphatic carbocycles. The van der Waals surface area contributed by atoms with Crippen molar-refractivity contribution < 1.29 is 9.59 Å². The highest BCUT2D eigenvalue weighted by Gasteiger charge is 2.29. The van der Waals surface area contributed by atoms with Crippen LogP contribution in [-0.4, -0.2) is 42.9 Å². The lowest BCUT2D eigenvalue weighted by Crippen LogP contribution is -2.46. The molecule has 1 aliphatic rings. The van der Waals surface area contributed by atoms with Crippen molar-refractivity contribution in [2.24, 2.45) is 11.7 Å². The SMILES string of the molecule is NCCNC(=O)C1CCCN(C(=O)c2sccc2Cl)C1. The van der Waals surface area contributed by atoms with Crippen LogP contribution in [0.2, 0.25) is 5.02 Å². The minimum absolute atomic E-state index is 0.0229. The van der Waals surface area contributed by atoms with Crippen molar-refractivity contribution in [3.05, 3.63) is 21.3 Å². The first-order chi connectivity index (χ1) is 9.63. The van der Waals surface area contributed by atoms with Gasteiger partial charge >= 0.3 is 0 Å². The molecule has 110 valence electrons. The number of carbonyl (C=O) groups is 2. The van der Waals surface area contributed by atoms with Crippen molar-refractivity contribution >= 4 is 34.8 Å². The largest absolute Gasteiger partial charge is 0.355 e. The van der Waals surface area contributed by atoms with Gasteiger partial charge < -0.3 is 16.0 Å². The number of hydrogen-bond acceptors (Lipinski definition) is 4. The molecule has 0 bridgehead atoms. The zero-order chi connectivity index (χ0) is 14.5. The third-order valence-corrected chi connectivity index (χ3v) is 4.66. The summed E-state index contributed by atoms with van der Waals surface area (Å²) in [5.74, 6) is -0.260. The molecule has 0 spiro atoms.